The van der Waals surface area contributed by atoms with Gasteiger partial charge in [0.25, 0.3) is 5.91 Å². The molecule has 1 aliphatic rings. The van der Waals surface area contributed by atoms with E-state index in [1.54, 1.807) is 11.0 Å². The molecule has 0 bridgehead atoms. The number of hydrogen-bond acceptors (Lipinski definition) is 4. The molecule has 6 heteroatoms. The van der Waals surface area contributed by atoms with Gasteiger partial charge in [0, 0.05) is 34.5 Å². The fourth-order valence-electron chi connectivity index (χ4n) is 3.56. The van der Waals surface area contributed by atoms with Crippen LogP contribution in [0.3, 0.4) is 0 Å². The summed E-state index contributed by atoms with van der Waals surface area (Å²) in [4.78, 5) is 19.4. The van der Waals surface area contributed by atoms with E-state index < -0.39 is 0 Å². The molecule has 0 N–H and O–H groups in total. The van der Waals surface area contributed by atoms with Crippen LogP contribution >= 0.6 is 11.6 Å². The summed E-state index contributed by atoms with van der Waals surface area (Å²) in [6, 6.07) is 19.0. The number of rotatable bonds is 2. The summed E-state index contributed by atoms with van der Waals surface area (Å²) >= 11 is 5.99. The predicted molar refractivity (Wildman–Crippen MR) is 107 cm³/mol. The van der Waals surface area contributed by atoms with Gasteiger partial charge in [-0.25, -0.2) is 4.98 Å². The first-order valence-corrected chi connectivity index (χ1v) is 9.45. The highest BCUT2D eigenvalue weighted by molar-refractivity contribution is 6.30. The van der Waals surface area contributed by atoms with Gasteiger partial charge < -0.3 is 9.42 Å². The minimum Gasteiger partial charge on any atom is -0.360 e. The van der Waals surface area contributed by atoms with Crippen molar-refractivity contribution in [3.8, 4) is 11.3 Å². The van der Waals surface area contributed by atoms with Gasteiger partial charge in [-0.2, -0.15) is 0 Å². The van der Waals surface area contributed by atoms with E-state index in [1.807, 2.05) is 54.6 Å². The van der Waals surface area contributed by atoms with Crippen molar-refractivity contribution in [3.05, 3.63) is 82.7 Å². The first-order valence-electron chi connectivity index (χ1n) is 9.07. The molecular formula is C22H16ClN3O2. The second-order valence-electron chi connectivity index (χ2n) is 6.81. The zero-order valence-corrected chi connectivity index (χ0v) is 15.7. The van der Waals surface area contributed by atoms with Crippen LogP contribution in [0.15, 0.2) is 65.2 Å². The van der Waals surface area contributed by atoms with Crippen molar-refractivity contribution >= 4 is 28.4 Å². The molecule has 0 fully saturated rings. The van der Waals surface area contributed by atoms with E-state index in [9.17, 15) is 4.79 Å². The number of nitrogens with zero attached hydrogens (tertiary/aromatic N) is 3. The standard InChI is InChI=1S/C22H16ClN3O2/c23-16-8-5-15(6-9-16)21-17-13-26(12-11-20(17)28-25-21)22(27)19-10-7-14-3-1-2-4-18(14)24-19/h1-10H,11-13H2. The van der Waals surface area contributed by atoms with Gasteiger partial charge in [-0.15, -0.1) is 0 Å². The fraction of sp³-hybridized carbons (Fsp3) is 0.136. The van der Waals surface area contributed by atoms with Gasteiger partial charge in [-0.05, 0) is 24.3 Å². The van der Waals surface area contributed by atoms with Gasteiger partial charge in [0.05, 0.1) is 12.1 Å². The smallest absolute Gasteiger partial charge is 0.272 e. The van der Waals surface area contributed by atoms with E-state index in [0.29, 0.717) is 30.2 Å². The summed E-state index contributed by atoms with van der Waals surface area (Å²) in [5, 5.41) is 5.92. The van der Waals surface area contributed by atoms with E-state index in [0.717, 1.165) is 33.5 Å². The Morgan fingerprint density at radius 3 is 2.71 bits per heavy atom. The SMILES string of the molecule is O=C(c1ccc2ccccc2n1)N1CCc2onc(-c3ccc(Cl)cc3)c2C1. The summed E-state index contributed by atoms with van der Waals surface area (Å²) in [6.07, 6.45) is 0.634. The predicted octanol–water partition coefficient (Wildman–Crippen LogP) is 4.74. The maximum Gasteiger partial charge on any atom is 0.272 e. The van der Waals surface area contributed by atoms with Gasteiger partial charge in [-0.3, -0.25) is 4.79 Å². The lowest BCUT2D eigenvalue weighted by Gasteiger charge is -2.26. The first kappa shape index (κ1) is 17.0. The average Bonchev–Trinajstić information content (AvgIpc) is 3.16. The lowest BCUT2D eigenvalue weighted by molar-refractivity contribution is 0.0723. The van der Waals surface area contributed by atoms with Crippen LogP contribution in [0.1, 0.15) is 21.8 Å². The van der Waals surface area contributed by atoms with Crippen LogP contribution in [0, 0.1) is 0 Å². The molecule has 0 saturated heterocycles. The number of aromatic nitrogens is 2. The van der Waals surface area contributed by atoms with Crippen LogP contribution < -0.4 is 0 Å². The monoisotopic (exact) mass is 389 g/mol. The summed E-state index contributed by atoms with van der Waals surface area (Å²) in [5.74, 6) is 0.750. The van der Waals surface area contributed by atoms with E-state index in [-0.39, 0.29) is 5.91 Å². The molecule has 4 aromatic rings. The Balaban J connectivity index is 1.45. The zero-order valence-electron chi connectivity index (χ0n) is 14.9. The van der Waals surface area contributed by atoms with Crippen LogP contribution in [0.4, 0.5) is 0 Å². The van der Waals surface area contributed by atoms with Crippen molar-refractivity contribution in [1.29, 1.82) is 0 Å². The molecule has 0 spiro atoms. The van der Waals surface area contributed by atoms with Crippen molar-refractivity contribution in [3.63, 3.8) is 0 Å². The van der Waals surface area contributed by atoms with Gasteiger partial charge in [0.2, 0.25) is 0 Å². The number of carbonyl (C=O) groups is 1. The maximum atomic E-state index is 13.1. The third-order valence-corrected chi connectivity index (χ3v) is 5.30. The average molecular weight is 390 g/mol. The summed E-state index contributed by atoms with van der Waals surface area (Å²) in [5.41, 5.74) is 3.90. The molecule has 28 heavy (non-hydrogen) atoms. The van der Waals surface area contributed by atoms with Crippen molar-refractivity contribution in [2.24, 2.45) is 0 Å². The topological polar surface area (TPSA) is 59.2 Å². The van der Waals surface area contributed by atoms with Crippen molar-refractivity contribution in [2.75, 3.05) is 6.54 Å². The quantitative estimate of drug-likeness (QED) is 0.496. The Hall–Kier alpha value is -3.18. The minimum atomic E-state index is -0.0836. The molecule has 2 aromatic carbocycles. The van der Waals surface area contributed by atoms with E-state index in [2.05, 4.69) is 10.1 Å². The molecule has 1 amide bonds. The highest BCUT2D eigenvalue weighted by Crippen LogP contribution is 2.31. The number of benzene rings is 2. The number of fused-ring (bicyclic) bond motifs is 2. The fourth-order valence-corrected chi connectivity index (χ4v) is 3.69. The Morgan fingerprint density at radius 2 is 1.86 bits per heavy atom. The Kier molecular flexibility index (Phi) is 4.10. The number of halogens is 1. The molecule has 0 saturated carbocycles. The van der Waals surface area contributed by atoms with Crippen LogP contribution in [0.5, 0.6) is 0 Å². The van der Waals surface area contributed by atoms with Gasteiger partial charge >= 0.3 is 0 Å². The molecule has 138 valence electrons. The normalized spacial score (nSPS) is 13.5. The summed E-state index contributed by atoms with van der Waals surface area (Å²) < 4.78 is 5.53. The van der Waals surface area contributed by atoms with Gasteiger partial charge in [0.1, 0.15) is 17.1 Å². The summed E-state index contributed by atoms with van der Waals surface area (Å²) in [6.45, 7) is 1.03. The third-order valence-electron chi connectivity index (χ3n) is 5.05. The number of para-hydroxylation sites is 1. The van der Waals surface area contributed by atoms with E-state index in [4.69, 9.17) is 16.1 Å². The second kappa shape index (κ2) is 6.77. The van der Waals surface area contributed by atoms with E-state index >= 15 is 0 Å². The van der Waals surface area contributed by atoms with Crippen LogP contribution in [0.2, 0.25) is 5.02 Å². The second-order valence-corrected chi connectivity index (χ2v) is 7.24. The minimum absolute atomic E-state index is 0.0836. The molecule has 0 radical (unpaired) electrons. The molecule has 0 atom stereocenters. The van der Waals surface area contributed by atoms with Gasteiger partial charge in [0.15, 0.2) is 0 Å². The number of pyridine rings is 1. The van der Waals surface area contributed by atoms with Gasteiger partial charge in [-0.1, -0.05) is 53.2 Å². The molecule has 5 rings (SSSR count). The lowest BCUT2D eigenvalue weighted by atomic mass is 10.0. The third kappa shape index (κ3) is 2.94. The van der Waals surface area contributed by atoms with Crippen molar-refractivity contribution in [1.82, 2.24) is 15.0 Å². The molecule has 0 unspecified atom stereocenters. The zero-order chi connectivity index (χ0) is 19.1. The molecule has 1 aliphatic heterocycles. The summed E-state index contributed by atoms with van der Waals surface area (Å²) in [7, 11) is 0. The largest absolute Gasteiger partial charge is 0.360 e. The lowest BCUT2D eigenvalue weighted by Crippen LogP contribution is -2.36. The number of carbonyl (C=O) groups excluding carboxylic acids is 1. The number of amides is 1. The Labute approximate surface area is 166 Å². The number of hydrogen-bond donors (Lipinski definition) is 0. The molecule has 5 nitrogen and oxygen atoms in total. The van der Waals surface area contributed by atoms with Crippen LogP contribution in [-0.2, 0) is 13.0 Å². The Bertz CT molecular complexity index is 1180. The van der Waals surface area contributed by atoms with Crippen LogP contribution in [-0.4, -0.2) is 27.5 Å². The Morgan fingerprint density at radius 1 is 1.04 bits per heavy atom. The molecule has 0 aliphatic carbocycles. The van der Waals surface area contributed by atoms with E-state index in [1.165, 1.54) is 0 Å². The van der Waals surface area contributed by atoms with Crippen molar-refractivity contribution < 1.29 is 9.32 Å². The first-order chi connectivity index (χ1) is 13.7. The molecular weight excluding hydrogens is 374 g/mol. The van der Waals surface area contributed by atoms with Crippen molar-refractivity contribution in [2.45, 2.75) is 13.0 Å². The molecule has 2 aromatic heterocycles. The van der Waals surface area contributed by atoms with Crippen LogP contribution in [0.25, 0.3) is 22.2 Å². The highest BCUT2D eigenvalue weighted by atomic mass is 35.5. The molecule has 3 heterocycles. The maximum absolute atomic E-state index is 13.1. The highest BCUT2D eigenvalue weighted by Gasteiger charge is 2.28.